The molecule has 98 valence electrons. The first kappa shape index (κ1) is 12.5. The summed E-state index contributed by atoms with van der Waals surface area (Å²) >= 11 is 0. The molecule has 1 aromatic heterocycles. The summed E-state index contributed by atoms with van der Waals surface area (Å²) in [6.07, 6.45) is 3.16. The molecule has 0 fully saturated rings. The number of hydrogen-bond acceptors (Lipinski definition) is 1. The summed E-state index contributed by atoms with van der Waals surface area (Å²) in [4.78, 5) is 12.1. The Labute approximate surface area is 116 Å². The second-order valence-electron chi connectivity index (χ2n) is 4.65. The predicted octanol–water partition coefficient (Wildman–Crippen LogP) is 3.15. The second kappa shape index (κ2) is 5.21. The Morgan fingerprint density at radius 3 is 2.45 bits per heavy atom. The molecule has 2 nitrogen and oxygen atoms in total. The SMILES string of the molecule is O=C(C[n+]1cc(F)c2ccccc2c1)c1ccccc1. The van der Waals surface area contributed by atoms with Crippen LogP contribution in [0, 0.1) is 5.82 Å². The quantitative estimate of drug-likeness (QED) is 0.527. The Kier molecular flexibility index (Phi) is 3.25. The molecule has 0 bridgehead atoms. The highest BCUT2D eigenvalue weighted by atomic mass is 19.1. The van der Waals surface area contributed by atoms with Crippen molar-refractivity contribution >= 4 is 16.6 Å². The zero-order valence-corrected chi connectivity index (χ0v) is 10.8. The van der Waals surface area contributed by atoms with Crippen molar-refractivity contribution in [3.63, 3.8) is 0 Å². The average Bonchev–Trinajstić information content (AvgIpc) is 2.48. The number of halogens is 1. The average molecular weight is 266 g/mol. The maximum Gasteiger partial charge on any atom is 0.227 e. The third-order valence-electron chi connectivity index (χ3n) is 3.22. The molecule has 0 saturated carbocycles. The van der Waals surface area contributed by atoms with Crippen molar-refractivity contribution in [3.8, 4) is 0 Å². The standard InChI is InChI=1S/C17H13FNO/c18-16-11-19(10-14-8-4-5-9-15(14)16)12-17(20)13-6-2-1-3-7-13/h1-11H,12H2/q+1. The molecule has 20 heavy (non-hydrogen) atoms. The Morgan fingerprint density at radius 2 is 1.65 bits per heavy atom. The topological polar surface area (TPSA) is 20.9 Å². The molecule has 0 amide bonds. The summed E-state index contributed by atoms with van der Waals surface area (Å²) in [5.41, 5.74) is 0.633. The lowest BCUT2D eigenvalue weighted by Gasteiger charge is -2.01. The molecule has 0 aliphatic heterocycles. The normalized spacial score (nSPS) is 10.7. The first-order chi connectivity index (χ1) is 9.74. The molecule has 3 heteroatoms. The molecule has 3 aromatic rings. The molecular weight excluding hydrogens is 253 g/mol. The third kappa shape index (κ3) is 2.43. The van der Waals surface area contributed by atoms with Crippen molar-refractivity contribution in [3.05, 3.63) is 78.4 Å². The van der Waals surface area contributed by atoms with E-state index < -0.39 is 0 Å². The smallest absolute Gasteiger partial charge is 0.227 e. The number of fused-ring (bicyclic) bond motifs is 1. The Hall–Kier alpha value is -2.55. The van der Waals surface area contributed by atoms with Gasteiger partial charge in [0.2, 0.25) is 18.5 Å². The van der Waals surface area contributed by atoms with E-state index in [-0.39, 0.29) is 18.1 Å². The van der Waals surface area contributed by atoms with Crippen LogP contribution in [0.25, 0.3) is 10.8 Å². The summed E-state index contributed by atoms with van der Waals surface area (Å²) in [6.45, 7) is 0.131. The van der Waals surface area contributed by atoms with Gasteiger partial charge in [0, 0.05) is 16.3 Å². The van der Waals surface area contributed by atoms with Crippen LogP contribution in [0.15, 0.2) is 67.0 Å². The minimum absolute atomic E-state index is 0.0368. The number of carbonyl (C=O) groups excluding carboxylic acids is 1. The van der Waals surface area contributed by atoms with Crippen LogP contribution in [0.3, 0.4) is 0 Å². The van der Waals surface area contributed by atoms with Crippen LogP contribution in [0.4, 0.5) is 4.39 Å². The zero-order chi connectivity index (χ0) is 13.9. The second-order valence-corrected chi connectivity index (χ2v) is 4.65. The van der Waals surface area contributed by atoms with Gasteiger partial charge in [-0.15, -0.1) is 0 Å². The van der Waals surface area contributed by atoms with Gasteiger partial charge in [-0.3, -0.25) is 4.79 Å². The van der Waals surface area contributed by atoms with E-state index in [4.69, 9.17) is 0 Å². The lowest BCUT2D eigenvalue weighted by Crippen LogP contribution is -2.37. The van der Waals surface area contributed by atoms with Crippen LogP contribution < -0.4 is 4.57 Å². The lowest BCUT2D eigenvalue weighted by atomic mass is 10.1. The van der Waals surface area contributed by atoms with E-state index in [1.165, 1.54) is 6.20 Å². The fourth-order valence-electron chi connectivity index (χ4n) is 2.23. The number of hydrogen-bond donors (Lipinski definition) is 0. The van der Waals surface area contributed by atoms with Crippen LogP contribution in [0.1, 0.15) is 10.4 Å². The van der Waals surface area contributed by atoms with Crippen molar-refractivity contribution in [2.24, 2.45) is 0 Å². The summed E-state index contributed by atoms with van der Waals surface area (Å²) in [7, 11) is 0. The molecule has 2 aromatic carbocycles. The first-order valence-electron chi connectivity index (χ1n) is 6.39. The van der Waals surface area contributed by atoms with Crippen LogP contribution in [0.2, 0.25) is 0 Å². The van der Waals surface area contributed by atoms with E-state index in [2.05, 4.69) is 0 Å². The highest BCUT2D eigenvalue weighted by molar-refractivity contribution is 5.95. The van der Waals surface area contributed by atoms with Gasteiger partial charge in [-0.05, 0) is 6.07 Å². The van der Waals surface area contributed by atoms with Crippen molar-refractivity contribution < 1.29 is 13.8 Å². The monoisotopic (exact) mass is 266 g/mol. The number of nitrogens with zero attached hydrogens (tertiary/aromatic N) is 1. The van der Waals surface area contributed by atoms with Gasteiger partial charge in [0.05, 0.1) is 0 Å². The van der Waals surface area contributed by atoms with Gasteiger partial charge in [0.1, 0.15) is 0 Å². The van der Waals surface area contributed by atoms with E-state index in [1.807, 2.05) is 30.3 Å². The van der Waals surface area contributed by atoms with Gasteiger partial charge in [-0.1, -0.05) is 48.5 Å². The largest absolute Gasteiger partial charge is 0.287 e. The molecule has 0 aliphatic rings. The number of benzene rings is 2. The summed E-state index contributed by atoms with van der Waals surface area (Å²) < 4.78 is 15.6. The summed E-state index contributed by atoms with van der Waals surface area (Å²) in [5.74, 6) is -0.353. The fraction of sp³-hybridized carbons (Fsp3) is 0.0588. The summed E-state index contributed by atoms with van der Waals surface area (Å²) in [6, 6.07) is 16.2. The van der Waals surface area contributed by atoms with Gasteiger partial charge < -0.3 is 0 Å². The number of ketones is 1. The molecule has 0 unspecified atom stereocenters. The molecule has 0 atom stereocenters. The Morgan fingerprint density at radius 1 is 0.950 bits per heavy atom. The maximum atomic E-state index is 14.0. The number of pyridine rings is 1. The lowest BCUT2D eigenvalue weighted by molar-refractivity contribution is -0.683. The minimum Gasteiger partial charge on any atom is -0.287 e. The predicted molar refractivity (Wildman–Crippen MR) is 74.9 cm³/mol. The Balaban J connectivity index is 1.94. The minimum atomic E-state index is -0.316. The van der Waals surface area contributed by atoms with Crippen molar-refractivity contribution in [1.29, 1.82) is 0 Å². The maximum absolute atomic E-state index is 14.0. The highest BCUT2D eigenvalue weighted by Crippen LogP contribution is 2.14. The highest BCUT2D eigenvalue weighted by Gasteiger charge is 2.14. The van der Waals surface area contributed by atoms with E-state index in [1.54, 1.807) is 35.0 Å². The number of aromatic nitrogens is 1. The van der Waals surface area contributed by atoms with Crippen LogP contribution in [-0.2, 0) is 6.54 Å². The third-order valence-corrected chi connectivity index (χ3v) is 3.22. The van der Waals surface area contributed by atoms with E-state index in [0.29, 0.717) is 10.9 Å². The van der Waals surface area contributed by atoms with E-state index in [9.17, 15) is 9.18 Å². The van der Waals surface area contributed by atoms with Crippen molar-refractivity contribution in [1.82, 2.24) is 0 Å². The van der Waals surface area contributed by atoms with Crippen molar-refractivity contribution in [2.45, 2.75) is 6.54 Å². The molecule has 0 radical (unpaired) electrons. The van der Waals surface area contributed by atoms with Gasteiger partial charge in [-0.25, -0.2) is 0 Å². The van der Waals surface area contributed by atoms with Crippen molar-refractivity contribution in [2.75, 3.05) is 0 Å². The number of Topliss-reactive ketones (excluding diaryl/α,β-unsaturated/α-hetero) is 1. The molecule has 3 rings (SSSR count). The molecule has 0 N–H and O–H groups in total. The van der Waals surface area contributed by atoms with Gasteiger partial charge in [-0.2, -0.15) is 8.96 Å². The molecule has 0 saturated heterocycles. The molecule has 1 heterocycles. The molecule has 0 spiro atoms. The molecule has 0 aliphatic carbocycles. The molecular formula is C17H13FNO+. The van der Waals surface area contributed by atoms with Crippen LogP contribution >= 0.6 is 0 Å². The van der Waals surface area contributed by atoms with Crippen LogP contribution in [0.5, 0.6) is 0 Å². The van der Waals surface area contributed by atoms with Gasteiger partial charge >= 0.3 is 0 Å². The Bertz CT molecular complexity index is 768. The zero-order valence-electron chi connectivity index (χ0n) is 10.8. The first-order valence-corrected chi connectivity index (χ1v) is 6.39. The number of rotatable bonds is 3. The van der Waals surface area contributed by atoms with E-state index in [0.717, 1.165) is 5.39 Å². The fourth-order valence-corrected chi connectivity index (χ4v) is 2.23. The van der Waals surface area contributed by atoms with Gasteiger partial charge in [0.25, 0.3) is 0 Å². The number of carbonyl (C=O) groups is 1. The van der Waals surface area contributed by atoms with E-state index >= 15 is 0 Å². The van der Waals surface area contributed by atoms with Gasteiger partial charge in [0.15, 0.2) is 12.0 Å². The van der Waals surface area contributed by atoms with Crippen LogP contribution in [-0.4, -0.2) is 5.78 Å². The summed E-state index contributed by atoms with van der Waals surface area (Å²) in [5, 5.41) is 1.35.